The normalized spacial score (nSPS) is 13.5. The minimum Gasteiger partial charge on any atom is -0.292 e. The summed E-state index contributed by atoms with van der Waals surface area (Å²) in [6.45, 7) is 0. The molecule has 0 radical (unpaired) electrons. The van der Waals surface area contributed by atoms with Gasteiger partial charge in [0.2, 0.25) is 0 Å². The molecule has 9 rings (SSSR count). The van der Waals surface area contributed by atoms with Gasteiger partial charge < -0.3 is 0 Å². The molecule has 4 aromatic carbocycles. The fourth-order valence-corrected chi connectivity index (χ4v) is 6.72. The number of benzene rings is 4. The van der Waals surface area contributed by atoms with Crippen molar-refractivity contribution in [2.24, 2.45) is 0 Å². The van der Waals surface area contributed by atoms with E-state index in [9.17, 15) is 0 Å². The maximum absolute atomic E-state index is 5.10. The van der Waals surface area contributed by atoms with Crippen LogP contribution >= 0.6 is 0 Å². The Kier molecular flexibility index (Phi) is 3.14. The van der Waals surface area contributed by atoms with Crippen LogP contribution < -0.4 is 0 Å². The highest BCUT2D eigenvalue weighted by atomic mass is 15.0. The molecule has 2 aliphatic rings. The van der Waals surface area contributed by atoms with Crippen molar-refractivity contribution in [3.63, 3.8) is 0 Å². The fraction of sp³-hybridized carbons (Fsp3) is 0.0625. The molecule has 0 bridgehead atoms. The lowest BCUT2D eigenvalue weighted by atomic mass is 9.93. The summed E-state index contributed by atoms with van der Waals surface area (Å²) in [4.78, 5) is 9.66. The van der Waals surface area contributed by atoms with Gasteiger partial charge in [-0.25, -0.2) is 4.98 Å². The maximum Gasteiger partial charge on any atom is 0.146 e. The van der Waals surface area contributed by atoms with Crippen molar-refractivity contribution < 1.29 is 0 Å². The smallest absolute Gasteiger partial charge is 0.146 e. The van der Waals surface area contributed by atoms with Crippen molar-refractivity contribution in [3.8, 4) is 22.3 Å². The highest BCUT2D eigenvalue weighted by Gasteiger charge is 2.30. The van der Waals surface area contributed by atoms with Gasteiger partial charge >= 0.3 is 0 Å². The molecular weight excluding hydrogens is 426 g/mol. The second kappa shape index (κ2) is 6.13. The number of para-hydroxylation sites is 2. The monoisotopic (exact) mass is 445 g/mol. The van der Waals surface area contributed by atoms with Crippen LogP contribution in [0, 0.1) is 0 Å². The molecule has 0 aliphatic heterocycles. The summed E-state index contributed by atoms with van der Waals surface area (Å²) in [7, 11) is 0. The van der Waals surface area contributed by atoms with E-state index in [0.29, 0.717) is 0 Å². The molecule has 2 aliphatic carbocycles. The quantitative estimate of drug-likeness (QED) is 0.229. The second-order valence-corrected chi connectivity index (χ2v) is 9.80. The van der Waals surface area contributed by atoms with Crippen molar-refractivity contribution in [1.82, 2.24) is 14.4 Å². The Morgan fingerprint density at radius 2 is 1.49 bits per heavy atom. The fourth-order valence-electron chi connectivity index (χ4n) is 6.72. The summed E-state index contributed by atoms with van der Waals surface area (Å²) < 4.78 is 2.30. The van der Waals surface area contributed by atoms with Gasteiger partial charge in [-0.05, 0) is 81.6 Å². The standard InChI is InChI=1S/C32H19N3/c1-2-6-20-18(5-1)15-24-21(20)10-9-19-16-25-22(30(19)24)11-12-23-31(25)26-17-33-14-13-28(26)35-29-8-4-3-7-27(29)34-32(23)35/h1-14,17H,15-16H2. The van der Waals surface area contributed by atoms with E-state index in [-0.39, 0.29) is 0 Å². The van der Waals surface area contributed by atoms with Gasteiger partial charge in [-0.3, -0.25) is 9.38 Å². The van der Waals surface area contributed by atoms with E-state index >= 15 is 0 Å². The largest absolute Gasteiger partial charge is 0.292 e. The summed E-state index contributed by atoms with van der Waals surface area (Å²) in [5, 5.41) is 3.70. The van der Waals surface area contributed by atoms with Gasteiger partial charge in [0.05, 0.1) is 16.6 Å². The molecular formula is C32H19N3. The van der Waals surface area contributed by atoms with E-state index in [2.05, 4.69) is 88.2 Å². The Balaban J connectivity index is 1.42. The molecule has 0 atom stereocenters. The van der Waals surface area contributed by atoms with E-state index in [1.54, 1.807) is 0 Å². The lowest BCUT2D eigenvalue weighted by molar-refractivity contribution is 1.24. The molecule has 3 heteroatoms. The molecule has 0 saturated heterocycles. The summed E-state index contributed by atoms with van der Waals surface area (Å²) in [6, 6.07) is 28.7. The van der Waals surface area contributed by atoms with Gasteiger partial charge in [0.15, 0.2) is 0 Å². The first-order valence-corrected chi connectivity index (χ1v) is 12.2. The first kappa shape index (κ1) is 17.9. The van der Waals surface area contributed by atoms with E-state index in [1.165, 1.54) is 60.7 Å². The van der Waals surface area contributed by atoms with Gasteiger partial charge in [0.1, 0.15) is 5.65 Å². The molecule has 3 aromatic heterocycles. The predicted molar refractivity (Wildman–Crippen MR) is 142 cm³/mol. The molecule has 0 amide bonds. The summed E-state index contributed by atoms with van der Waals surface area (Å²) >= 11 is 0. The van der Waals surface area contributed by atoms with Crippen molar-refractivity contribution in [1.29, 1.82) is 0 Å². The Morgan fingerprint density at radius 1 is 0.629 bits per heavy atom. The lowest BCUT2D eigenvalue weighted by Gasteiger charge is -2.13. The molecule has 0 N–H and O–H groups in total. The van der Waals surface area contributed by atoms with Crippen LogP contribution in [-0.2, 0) is 12.8 Å². The first-order chi connectivity index (χ1) is 17.4. The number of fused-ring (bicyclic) bond motifs is 16. The first-order valence-electron chi connectivity index (χ1n) is 12.2. The minimum atomic E-state index is 0.950. The average Bonchev–Trinajstić information content (AvgIpc) is 3.59. The maximum atomic E-state index is 5.10. The van der Waals surface area contributed by atoms with Gasteiger partial charge in [-0.2, -0.15) is 0 Å². The van der Waals surface area contributed by atoms with Crippen LogP contribution in [0.1, 0.15) is 22.3 Å². The zero-order valence-corrected chi connectivity index (χ0v) is 18.9. The summed E-state index contributed by atoms with van der Waals surface area (Å²) in [5.41, 5.74) is 15.7. The van der Waals surface area contributed by atoms with Crippen molar-refractivity contribution >= 4 is 38.4 Å². The number of pyridine rings is 2. The third-order valence-electron chi connectivity index (χ3n) is 8.13. The molecule has 0 spiro atoms. The third kappa shape index (κ3) is 2.12. The molecule has 3 heterocycles. The molecule has 35 heavy (non-hydrogen) atoms. The molecule has 3 nitrogen and oxygen atoms in total. The van der Waals surface area contributed by atoms with Crippen LogP contribution in [-0.4, -0.2) is 14.4 Å². The van der Waals surface area contributed by atoms with Gasteiger partial charge in [0, 0.05) is 28.6 Å². The van der Waals surface area contributed by atoms with Gasteiger partial charge in [-0.1, -0.05) is 54.6 Å². The Hall–Kier alpha value is -4.50. The van der Waals surface area contributed by atoms with Crippen LogP contribution in [0.25, 0.3) is 60.6 Å². The Labute approximate surface area is 201 Å². The lowest BCUT2D eigenvalue weighted by Crippen LogP contribution is -1.95. The molecule has 162 valence electrons. The van der Waals surface area contributed by atoms with Crippen LogP contribution in [0.4, 0.5) is 0 Å². The number of hydrogen-bond acceptors (Lipinski definition) is 2. The highest BCUT2D eigenvalue weighted by molar-refractivity contribution is 6.17. The molecule has 0 unspecified atom stereocenters. The number of nitrogens with zero attached hydrogens (tertiary/aromatic N) is 3. The van der Waals surface area contributed by atoms with Crippen molar-refractivity contribution in [3.05, 3.63) is 114 Å². The van der Waals surface area contributed by atoms with E-state index in [4.69, 9.17) is 4.98 Å². The Morgan fingerprint density at radius 3 is 2.49 bits per heavy atom. The van der Waals surface area contributed by atoms with Gasteiger partial charge in [-0.15, -0.1) is 0 Å². The zero-order chi connectivity index (χ0) is 22.7. The number of hydrogen-bond donors (Lipinski definition) is 0. The predicted octanol–water partition coefficient (Wildman–Crippen LogP) is 7.33. The number of rotatable bonds is 0. The second-order valence-electron chi connectivity index (χ2n) is 9.80. The Bertz CT molecular complexity index is 2060. The molecule has 7 aromatic rings. The zero-order valence-electron chi connectivity index (χ0n) is 18.9. The topological polar surface area (TPSA) is 30.2 Å². The van der Waals surface area contributed by atoms with E-state index in [0.717, 1.165) is 35.0 Å². The summed E-state index contributed by atoms with van der Waals surface area (Å²) in [5.74, 6) is 0. The van der Waals surface area contributed by atoms with Crippen LogP contribution in [0.3, 0.4) is 0 Å². The summed E-state index contributed by atoms with van der Waals surface area (Å²) in [6.07, 6.45) is 5.89. The number of imidazole rings is 1. The van der Waals surface area contributed by atoms with E-state index < -0.39 is 0 Å². The number of aromatic nitrogens is 3. The van der Waals surface area contributed by atoms with Crippen molar-refractivity contribution in [2.75, 3.05) is 0 Å². The van der Waals surface area contributed by atoms with E-state index in [1.807, 2.05) is 12.4 Å². The molecule has 0 saturated carbocycles. The van der Waals surface area contributed by atoms with Gasteiger partial charge in [0.25, 0.3) is 0 Å². The van der Waals surface area contributed by atoms with Crippen LogP contribution in [0.15, 0.2) is 91.3 Å². The molecule has 0 fully saturated rings. The van der Waals surface area contributed by atoms with Crippen LogP contribution in [0.2, 0.25) is 0 Å². The third-order valence-corrected chi connectivity index (χ3v) is 8.13. The highest BCUT2D eigenvalue weighted by Crippen LogP contribution is 2.50. The van der Waals surface area contributed by atoms with Crippen molar-refractivity contribution in [2.45, 2.75) is 12.8 Å². The SMILES string of the molecule is c1ccc2c(c1)Cc1c-2ccc2c1-c1ccc3c(c1C2)c1cnccc1n1c2ccccc2nc31. The minimum absolute atomic E-state index is 0.950. The van der Waals surface area contributed by atoms with Crippen LogP contribution in [0.5, 0.6) is 0 Å². The average molecular weight is 446 g/mol.